The molecular formula is C23H26N4O3S. The molecule has 1 amide bonds. The van der Waals surface area contributed by atoms with Crippen molar-refractivity contribution in [3.63, 3.8) is 0 Å². The highest BCUT2D eigenvalue weighted by atomic mass is 32.2. The first-order valence-electron chi connectivity index (χ1n) is 10.5. The zero-order chi connectivity index (χ0) is 21.8. The minimum atomic E-state index is -0.689. The van der Waals surface area contributed by atoms with Gasteiger partial charge in [-0.3, -0.25) is 14.4 Å². The van der Waals surface area contributed by atoms with Crippen LogP contribution in [0.3, 0.4) is 0 Å². The van der Waals surface area contributed by atoms with E-state index in [2.05, 4.69) is 15.2 Å². The molecule has 0 unspecified atom stereocenters. The number of H-pyrrole nitrogens is 1. The number of hydrogen-bond donors (Lipinski definition) is 2. The van der Waals surface area contributed by atoms with Crippen LogP contribution in [0.15, 0.2) is 52.1 Å². The third kappa shape index (κ3) is 4.91. The molecule has 0 atom stereocenters. The number of aromatic amines is 1. The van der Waals surface area contributed by atoms with Gasteiger partial charge in [-0.2, -0.15) is 11.8 Å². The topological polar surface area (TPSA) is 87.2 Å². The quantitative estimate of drug-likeness (QED) is 0.578. The number of carbonyl (C=O) groups is 1. The number of anilines is 1. The van der Waals surface area contributed by atoms with Gasteiger partial charge < -0.3 is 19.8 Å². The molecular weight excluding hydrogens is 412 g/mol. The van der Waals surface area contributed by atoms with Crippen LogP contribution < -0.4 is 16.4 Å². The summed E-state index contributed by atoms with van der Waals surface area (Å²) in [7, 11) is 0. The molecule has 3 aromatic rings. The molecule has 2 heterocycles. The van der Waals surface area contributed by atoms with E-state index < -0.39 is 11.1 Å². The molecule has 0 radical (unpaired) electrons. The Hall–Kier alpha value is -2.84. The van der Waals surface area contributed by atoms with Crippen LogP contribution in [0.1, 0.15) is 22.8 Å². The summed E-state index contributed by atoms with van der Waals surface area (Å²) in [4.78, 5) is 41.6. The lowest BCUT2D eigenvalue weighted by atomic mass is 10.1. The first kappa shape index (κ1) is 21.4. The number of nitrogens with zero attached hydrogens (tertiary/aromatic N) is 2. The molecule has 31 heavy (non-hydrogen) atoms. The highest BCUT2D eigenvalue weighted by molar-refractivity contribution is 7.99. The molecule has 8 heteroatoms. The summed E-state index contributed by atoms with van der Waals surface area (Å²) >= 11 is 2.02. The minimum absolute atomic E-state index is 0.268. The molecule has 0 spiro atoms. The Labute approximate surface area is 184 Å². The van der Waals surface area contributed by atoms with Gasteiger partial charge in [0.25, 0.3) is 5.91 Å². The van der Waals surface area contributed by atoms with E-state index in [4.69, 9.17) is 0 Å². The van der Waals surface area contributed by atoms with E-state index in [0.717, 1.165) is 31.7 Å². The van der Waals surface area contributed by atoms with Gasteiger partial charge in [0, 0.05) is 48.9 Å². The van der Waals surface area contributed by atoms with Crippen molar-refractivity contribution in [2.24, 2.45) is 0 Å². The lowest BCUT2D eigenvalue weighted by Gasteiger charge is -2.26. The fourth-order valence-electron chi connectivity index (χ4n) is 3.80. The van der Waals surface area contributed by atoms with Crippen LogP contribution in [0.4, 0.5) is 5.69 Å². The van der Waals surface area contributed by atoms with E-state index in [1.807, 2.05) is 36.0 Å². The molecule has 1 aromatic heterocycles. The summed E-state index contributed by atoms with van der Waals surface area (Å²) < 4.78 is 1.40. The number of hydrogen-bond acceptors (Lipinski definition) is 5. The Bertz CT molecular complexity index is 1190. The zero-order valence-electron chi connectivity index (χ0n) is 17.5. The second kappa shape index (κ2) is 9.53. The van der Waals surface area contributed by atoms with Crippen LogP contribution in [-0.2, 0) is 13.0 Å². The normalized spacial score (nSPS) is 14.6. The van der Waals surface area contributed by atoms with Gasteiger partial charge in [-0.05, 0) is 49.2 Å². The fraction of sp³-hybridized carbons (Fsp3) is 0.348. The standard InChI is InChI=1S/C23H26N4O3S/c1-2-27-20-8-5-17(15-19(20)25-22(29)23(27)30)21(28)24-18-6-3-16(4-7-18)9-10-26-11-13-31-14-12-26/h3-8,15H,2,9-14H2,1H3,(H,24,28)(H,25,29). The Morgan fingerprint density at radius 2 is 1.84 bits per heavy atom. The first-order valence-corrected chi connectivity index (χ1v) is 11.7. The number of rotatable bonds is 6. The average Bonchev–Trinajstić information content (AvgIpc) is 2.80. The molecule has 1 saturated heterocycles. The molecule has 162 valence electrons. The predicted molar refractivity (Wildman–Crippen MR) is 126 cm³/mol. The van der Waals surface area contributed by atoms with Gasteiger partial charge in [0.1, 0.15) is 0 Å². The first-order chi connectivity index (χ1) is 15.0. The van der Waals surface area contributed by atoms with Crippen molar-refractivity contribution in [3.05, 3.63) is 74.3 Å². The largest absolute Gasteiger partial charge is 0.322 e. The van der Waals surface area contributed by atoms with Gasteiger partial charge >= 0.3 is 11.1 Å². The number of thioether (sulfide) groups is 1. The molecule has 2 aromatic carbocycles. The number of amides is 1. The summed E-state index contributed by atoms with van der Waals surface area (Å²) in [6.07, 6.45) is 0.996. The lowest BCUT2D eigenvalue weighted by Crippen LogP contribution is -2.36. The average molecular weight is 439 g/mol. The van der Waals surface area contributed by atoms with E-state index in [0.29, 0.717) is 23.1 Å². The summed E-state index contributed by atoms with van der Waals surface area (Å²) in [6.45, 7) is 5.56. The molecule has 4 rings (SSSR count). The maximum Gasteiger partial charge on any atom is 0.316 e. The van der Waals surface area contributed by atoms with Crippen LogP contribution in [0.5, 0.6) is 0 Å². The number of aryl methyl sites for hydroxylation is 1. The van der Waals surface area contributed by atoms with Gasteiger partial charge in [0.15, 0.2) is 0 Å². The van der Waals surface area contributed by atoms with Gasteiger partial charge in [-0.1, -0.05) is 12.1 Å². The molecule has 1 aliphatic heterocycles. The van der Waals surface area contributed by atoms with Crippen molar-refractivity contribution < 1.29 is 4.79 Å². The molecule has 0 aliphatic carbocycles. The highest BCUT2D eigenvalue weighted by Gasteiger charge is 2.12. The summed E-state index contributed by atoms with van der Waals surface area (Å²) in [5.74, 6) is 2.16. The molecule has 1 aliphatic rings. The number of carbonyl (C=O) groups excluding carboxylic acids is 1. The Kier molecular flexibility index (Phi) is 6.58. The Morgan fingerprint density at radius 1 is 1.10 bits per heavy atom. The lowest BCUT2D eigenvalue weighted by molar-refractivity contribution is 0.102. The molecule has 2 N–H and O–H groups in total. The van der Waals surface area contributed by atoms with Crippen LogP contribution in [0.2, 0.25) is 0 Å². The maximum absolute atomic E-state index is 12.7. The summed E-state index contributed by atoms with van der Waals surface area (Å²) in [5.41, 5.74) is 2.16. The molecule has 0 saturated carbocycles. The van der Waals surface area contributed by atoms with E-state index in [1.54, 1.807) is 25.1 Å². The van der Waals surface area contributed by atoms with Crippen molar-refractivity contribution in [2.75, 3.05) is 36.5 Å². The summed E-state index contributed by atoms with van der Waals surface area (Å²) in [5, 5.41) is 2.90. The summed E-state index contributed by atoms with van der Waals surface area (Å²) in [6, 6.07) is 12.9. The maximum atomic E-state index is 12.7. The van der Waals surface area contributed by atoms with E-state index in [-0.39, 0.29) is 5.91 Å². The monoisotopic (exact) mass is 438 g/mol. The number of benzene rings is 2. The highest BCUT2D eigenvalue weighted by Crippen LogP contribution is 2.16. The third-order valence-corrected chi connectivity index (χ3v) is 6.53. The second-order valence-corrected chi connectivity index (χ2v) is 8.82. The Balaban J connectivity index is 1.44. The second-order valence-electron chi connectivity index (χ2n) is 7.59. The number of nitrogens with one attached hydrogen (secondary N) is 2. The van der Waals surface area contributed by atoms with Crippen molar-refractivity contribution in [2.45, 2.75) is 19.9 Å². The zero-order valence-corrected chi connectivity index (χ0v) is 18.3. The van der Waals surface area contributed by atoms with Gasteiger partial charge in [0.05, 0.1) is 11.0 Å². The molecule has 1 fully saturated rings. The van der Waals surface area contributed by atoms with Crippen molar-refractivity contribution >= 4 is 34.4 Å². The van der Waals surface area contributed by atoms with Crippen LogP contribution in [0.25, 0.3) is 11.0 Å². The minimum Gasteiger partial charge on any atom is -0.322 e. The van der Waals surface area contributed by atoms with E-state index in [9.17, 15) is 14.4 Å². The van der Waals surface area contributed by atoms with Gasteiger partial charge in [-0.25, -0.2) is 0 Å². The van der Waals surface area contributed by atoms with Crippen LogP contribution in [0, 0.1) is 0 Å². The van der Waals surface area contributed by atoms with Crippen LogP contribution in [-0.4, -0.2) is 51.5 Å². The van der Waals surface area contributed by atoms with E-state index in [1.165, 1.54) is 21.6 Å². The van der Waals surface area contributed by atoms with Gasteiger partial charge in [-0.15, -0.1) is 0 Å². The Morgan fingerprint density at radius 3 is 2.55 bits per heavy atom. The number of aromatic nitrogens is 2. The number of fused-ring (bicyclic) bond motifs is 1. The fourth-order valence-corrected chi connectivity index (χ4v) is 4.78. The van der Waals surface area contributed by atoms with E-state index >= 15 is 0 Å². The van der Waals surface area contributed by atoms with Crippen LogP contribution >= 0.6 is 11.8 Å². The van der Waals surface area contributed by atoms with Crippen molar-refractivity contribution in [3.8, 4) is 0 Å². The smallest absolute Gasteiger partial charge is 0.316 e. The third-order valence-electron chi connectivity index (χ3n) is 5.59. The molecule has 7 nitrogen and oxygen atoms in total. The van der Waals surface area contributed by atoms with Gasteiger partial charge in [0.2, 0.25) is 0 Å². The SMILES string of the molecule is CCn1c(=O)c(=O)[nH]c2cc(C(=O)Nc3ccc(CCN4CCSCC4)cc3)ccc21. The predicted octanol–water partition coefficient (Wildman–Crippen LogP) is 2.55. The van der Waals surface area contributed by atoms with Crippen molar-refractivity contribution in [1.29, 1.82) is 0 Å². The molecule has 0 bridgehead atoms. The van der Waals surface area contributed by atoms with Crippen molar-refractivity contribution in [1.82, 2.24) is 14.5 Å².